The third kappa shape index (κ3) is 5.82. The van der Waals surface area contributed by atoms with Crippen molar-refractivity contribution < 1.29 is 4.42 Å². The Labute approximate surface area is 312 Å². The van der Waals surface area contributed by atoms with Crippen LogP contribution >= 0.6 is 0 Å². The first-order valence-corrected chi connectivity index (χ1v) is 18.3. The van der Waals surface area contributed by atoms with Crippen molar-refractivity contribution in [3.8, 4) is 33.9 Å². The number of para-hydroxylation sites is 2. The van der Waals surface area contributed by atoms with Gasteiger partial charge in [0.1, 0.15) is 17.0 Å². The summed E-state index contributed by atoms with van der Waals surface area (Å²) in [4.78, 5) is 17.6. The molecule has 0 amide bonds. The van der Waals surface area contributed by atoms with Gasteiger partial charge < -0.3 is 9.32 Å². The number of hydrogen-bond donors (Lipinski definition) is 0. The summed E-state index contributed by atoms with van der Waals surface area (Å²) in [6.07, 6.45) is 5.39. The third-order valence-electron chi connectivity index (χ3n) is 10.2. The molecule has 0 saturated carbocycles. The first kappa shape index (κ1) is 31.6. The molecule has 0 fully saturated rings. The van der Waals surface area contributed by atoms with Crippen molar-refractivity contribution in [1.29, 1.82) is 0 Å². The highest BCUT2D eigenvalue weighted by Gasteiger charge is 2.21. The van der Waals surface area contributed by atoms with Gasteiger partial charge in [-0.2, -0.15) is 0 Å². The normalized spacial score (nSPS) is 13.6. The van der Waals surface area contributed by atoms with Gasteiger partial charge in [0.25, 0.3) is 0 Å². The lowest BCUT2D eigenvalue weighted by Gasteiger charge is -2.25. The largest absolute Gasteiger partial charge is 0.456 e. The molecule has 0 bridgehead atoms. The minimum atomic E-state index is 0.0300. The van der Waals surface area contributed by atoms with Crippen molar-refractivity contribution in [2.24, 2.45) is 0 Å². The molecule has 10 rings (SSSR count). The summed E-state index contributed by atoms with van der Waals surface area (Å²) in [6.45, 7) is 0. The Balaban J connectivity index is 1.08. The second-order valence-electron chi connectivity index (χ2n) is 13.6. The monoisotopic (exact) mass is 694 g/mol. The number of anilines is 3. The fourth-order valence-corrected chi connectivity index (χ4v) is 7.58. The molecule has 1 atom stereocenters. The van der Waals surface area contributed by atoms with Gasteiger partial charge in [-0.3, -0.25) is 0 Å². The van der Waals surface area contributed by atoms with Gasteiger partial charge in [0, 0.05) is 44.9 Å². The van der Waals surface area contributed by atoms with Crippen molar-refractivity contribution in [2.75, 3.05) is 4.90 Å². The molecule has 7 aromatic carbocycles. The molecule has 2 aromatic heterocycles. The molecule has 0 aliphatic heterocycles. The number of furan rings is 1. The van der Waals surface area contributed by atoms with Crippen LogP contribution in [-0.2, 0) is 0 Å². The van der Waals surface area contributed by atoms with Crippen LogP contribution in [0.15, 0.2) is 180 Å². The lowest BCUT2D eigenvalue weighted by atomic mass is 9.96. The van der Waals surface area contributed by atoms with Gasteiger partial charge in [-0.25, -0.2) is 15.0 Å². The van der Waals surface area contributed by atoms with Gasteiger partial charge in [-0.15, -0.1) is 0 Å². The lowest BCUT2D eigenvalue weighted by Crippen LogP contribution is -2.28. The highest BCUT2D eigenvalue weighted by atomic mass is 16.3. The lowest BCUT2D eigenvalue weighted by molar-refractivity contribution is 0.669. The van der Waals surface area contributed by atoms with E-state index in [1.54, 1.807) is 0 Å². The Bertz CT molecular complexity index is 2880. The maximum atomic E-state index is 6.60. The van der Waals surface area contributed by atoms with Gasteiger partial charge in [0.05, 0.1) is 0 Å². The van der Waals surface area contributed by atoms with Crippen LogP contribution in [0, 0.1) is 0 Å². The van der Waals surface area contributed by atoms with E-state index in [4.69, 9.17) is 19.4 Å². The molecule has 2 heterocycles. The number of rotatable bonds is 7. The van der Waals surface area contributed by atoms with Gasteiger partial charge in [-0.1, -0.05) is 133 Å². The topological polar surface area (TPSA) is 55.1 Å². The van der Waals surface area contributed by atoms with Crippen molar-refractivity contribution in [3.05, 3.63) is 192 Å². The molecule has 256 valence electrons. The molecular weight excluding hydrogens is 661 g/mol. The summed E-state index contributed by atoms with van der Waals surface area (Å²) in [5.74, 6) is 2.09. The third-order valence-corrected chi connectivity index (χ3v) is 10.2. The van der Waals surface area contributed by atoms with E-state index in [9.17, 15) is 0 Å². The Morgan fingerprint density at radius 2 is 1.11 bits per heavy atom. The van der Waals surface area contributed by atoms with Gasteiger partial charge >= 0.3 is 0 Å². The second kappa shape index (κ2) is 13.5. The molecule has 0 saturated heterocycles. The summed E-state index contributed by atoms with van der Waals surface area (Å²) < 4.78 is 6.60. The van der Waals surface area contributed by atoms with Crippen molar-refractivity contribution in [2.45, 2.75) is 12.3 Å². The van der Waals surface area contributed by atoms with Crippen LogP contribution in [0.5, 0.6) is 0 Å². The second-order valence-corrected chi connectivity index (χ2v) is 13.6. The quantitative estimate of drug-likeness (QED) is 0.166. The zero-order chi connectivity index (χ0) is 35.8. The minimum absolute atomic E-state index is 0.0300. The molecule has 54 heavy (non-hydrogen) atoms. The van der Waals surface area contributed by atoms with E-state index in [0.717, 1.165) is 73.5 Å². The van der Waals surface area contributed by atoms with E-state index in [1.807, 2.05) is 42.5 Å². The average Bonchev–Trinajstić information content (AvgIpc) is 3.63. The maximum Gasteiger partial charge on any atom is 0.164 e. The minimum Gasteiger partial charge on any atom is -0.456 e. The van der Waals surface area contributed by atoms with E-state index in [1.165, 1.54) is 10.4 Å². The number of hydrogen-bond acceptors (Lipinski definition) is 5. The standard InChI is InChI=1S/C49H34N4O/c1-4-15-34(16-5-1)47-50-48(38-27-26-33-14-10-11-17-35(33)30-38)52-49(51-47)43-24-13-25-44-46(43)42-29-28-37(32-45(42)54-44)36-18-12-23-41(31-36)53(39-19-6-2-7-20-39)40-21-8-3-9-22-40/h1-26,28-32,38H,27H2. The van der Waals surface area contributed by atoms with Crippen molar-refractivity contribution in [3.63, 3.8) is 0 Å². The molecule has 1 aliphatic carbocycles. The van der Waals surface area contributed by atoms with Gasteiger partial charge in [-0.05, 0) is 82.6 Å². The van der Waals surface area contributed by atoms with Crippen LogP contribution in [0.4, 0.5) is 17.1 Å². The summed E-state index contributed by atoms with van der Waals surface area (Å²) in [5, 5.41) is 4.46. The smallest absolute Gasteiger partial charge is 0.164 e. The van der Waals surface area contributed by atoms with E-state index < -0.39 is 0 Å². The molecule has 0 spiro atoms. The SMILES string of the molecule is C1=c2ccccc2=CC(c2nc(-c3ccccc3)nc(-c3cccc4oc5cc(-c6cccc(N(c7ccccc7)c7ccccc7)c6)ccc5c34)n2)C1. The molecule has 5 nitrogen and oxygen atoms in total. The van der Waals surface area contributed by atoms with Crippen LogP contribution in [0.1, 0.15) is 18.2 Å². The van der Waals surface area contributed by atoms with E-state index >= 15 is 0 Å². The predicted octanol–water partition coefficient (Wildman–Crippen LogP) is 11.0. The number of aromatic nitrogens is 3. The van der Waals surface area contributed by atoms with Crippen LogP contribution in [-0.4, -0.2) is 15.0 Å². The maximum absolute atomic E-state index is 6.60. The summed E-state index contributed by atoms with van der Waals surface area (Å²) in [5.41, 5.74) is 8.93. The molecule has 0 N–H and O–H groups in total. The zero-order valence-electron chi connectivity index (χ0n) is 29.4. The van der Waals surface area contributed by atoms with E-state index in [0.29, 0.717) is 11.6 Å². The number of fused-ring (bicyclic) bond motifs is 4. The summed E-state index contributed by atoms with van der Waals surface area (Å²) in [7, 11) is 0. The van der Waals surface area contributed by atoms with Crippen molar-refractivity contribution in [1.82, 2.24) is 15.0 Å². The Morgan fingerprint density at radius 3 is 1.89 bits per heavy atom. The van der Waals surface area contributed by atoms with Gasteiger partial charge in [0.15, 0.2) is 11.6 Å². The predicted molar refractivity (Wildman–Crippen MR) is 220 cm³/mol. The summed E-state index contributed by atoms with van der Waals surface area (Å²) >= 11 is 0. The van der Waals surface area contributed by atoms with E-state index in [2.05, 4.69) is 151 Å². The highest BCUT2D eigenvalue weighted by molar-refractivity contribution is 6.12. The Hall–Kier alpha value is -7.11. The first-order chi connectivity index (χ1) is 26.7. The molecule has 0 radical (unpaired) electrons. The fourth-order valence-electron chi connectivity index (χ4n) is 7.58. The van der Waals surface area contributed by atoms with Crippen LogP contribution in [0.2, 0.25) is 0 Å². The van der Waals surface area contributed by atoms with Crippen LogP contribution in [0.3, 0.4) is 0 Å². The average molecular weight is 695 g/mol. The Kier molecular flexibility index (Phi) is 7.88. The first-order valence-electron chi connectivity index (χ1n) is 18.3. The van der Waals surface area contributed by atoms with Crippen LogP contribution < -0.4 is 15.3 Å². The fraction of sp³-hybridized carbons (Fsp3) is 0.0408. The Morgan fingerprint density at radius 1 is 0.481 bits per heavy atom. The van der Waals surface area contributed by atoms with Crippen LogP contribution in [0.25, 0.3) is 68.0 Å². The van der Waals surface area contributed by atoms with Crippen molar-refractivity contribution >= 4 is 51.2 Å². The number of nitrogens with zero attached hydrogens (tertiary/aromatic N) is 4. The number of benzene rings is 7. The molecule has 1 aliphatic rings. The summed E-state index contributed by atoms with van der Waals surface area (Å²) in [6, 6.07) is 60.9. The van der Waals surface area contributed by atoms with Gasteiger partial charge in [0.2, 0.25) is 0 Å². The molecular formula is C49H34N4O. The van der Waals surface area contributed by atoms with E-state index in [-0.39, 0.29) is 5.92 Å². The highest BCUT2D eigenvalue weighted by Crippen LogP contribution is 2.40. The zero-order valence-corrected chi connectivity index (χ0v) is 29.4. The molecule has 1 unspecified atom stereocenters. The molecule has 9 aromatic rings. The molecule has 5 heteroatoms.